The fraction of sp³-hybridized carbons (Fsp3) is 0.286. The monoisotopic (exact) mass is 400 g/mol. The summed E-state index contributed by atoms with van der Waals surface area (Å²) in [6.45, 7) is 2.98. The summed E-state index contributed by atoms with van der Waals surface area (Å²) in [5.41, 5.74) is 1.68. The van der Waals surface area contributed by atoms with E-state index in [2.05, 4.69) is 16.4 Å². The second-order valence-electron chi connectivity index (χ2n) is 6.46. The van der Waals surface area contributed by atoms with E-state index < -0.39 is 11.7 Å². The van der Waals surface area contributed by atoms with Gasteiger partial charge in [0.1, 0.15) is 0 Å². The van der Waals surface area contributed by atoms with Crippen LogP contribution < -0.4 is 0 Å². The fourth-order valence-corrected chi connectivity index (χ4v) is 2.89. The van der Waals surface area contributed by atoms with Gasteiger partial charge in [-0.1, -0.05) is 30.3 Å². The van der Waals surface area contributed by atoms with E-state index in [1.54, 1.807) is 4.90 Å². The molecule has 29 heavy (non-hydrogen) atoms. The summed E-state index contributed by atoms with van der Waals surface area (Å²) in [6.07, 6.45) is -1.38. The van der Waals surface area contributed by atoms with Gasteiger partial charge in [0, 0.05) is 25.1 Å². The minimum atomic E-state index is -4.35. The maximum Gasteiger partial charge on any atom is 0.416 e. The van der Waals surface area contributed by atoms with Gasteiger partial charge in [0.05, 0.1) is 5.56 Å². The zero-order chi connectivity index (χ0) is 20.9. The Kier molecular flexibility index (Phi) is 6.17. The lowest BCUT2D eigenvalue weighted by molar-refractivity contribution is -0.137. The molecular weight excluding hydrogens is 381 g/mol. The molecule has 2 aromatic carbocycles. The van der Waals surface area contributed by atoms with Crippen LogP contribution in [0, 0.1) is 11.5 Å². The molecular formula is C21H19F3N4O. The maximum atomic E-state index is 12.7. The average molecular weight is 400 g/mol. The number of aromatic nitrogens is 2. The van der Waals surface area contributed by atoms with Gasteiger partial charge in [0.15, 0.2) is 6.19 Å². The van der Waals surface area contributed by atoms with E-state index in [-0.39, 0.29) is 0 Å². The number of likely N-dealkylation sites (N-methyl/N-ethyl adjacent to an activating group) is 1. The second-order valence-corrected chi connectivity index (χ2v) is 6.46. The molecule has 0 aliphatic heterocycles. The molecule has 8 heteroatoms. The molecule has 0 saturated heterocycles. The molecule has 5 nitrogen and oxygen atoms in total. The highest BCUT2D eigenvalue weighted by atomic mass is 19.4. The van der Waals surface area contributed by atoms with Crippen LogP contribution in [0.15, 0.2) is 52.9 Å². The lowest BCUT2D eigenvalue weighted by Gasteiger charge is -2.10. The molecule has 0 aliphatic rings. The summed E-state index contributed by atoms with van der Waals surface area (Å²) in [5.74, 6) is 0.778. The molecule has 150 valence electrons. The second kappa shape index (κ2) is 8.78. The van der Waals surface area contributed by atoms with E-state index in [0.29, 0.717) is 37.7 Å². The van der Waals surface area contributed by atoms with Crippen LogP contribution in [0.25, 0.3) is 11.5 Å². The number of hydrogen-bond acceptors (Lipinski definition) is 5. The van der Waals surface area contributed by atoms with Crippen molar-refractivity contribution in [1.82, 2.24) is 15.1 Å². The Bertz CT molecular complexity index is 990. The van der Waals surface area contributed by atoms with Gasteiger partial charge in [0.2, 0.25) is 11.8 Å². The van der Waals surface area contributed by atoms with Gasteiger partial charge in [0.25, 0.3) is 0 Å². The van der Waals surface area contributed by atoms with Gasteiger partial charge >= 0.3 is 6.18 Å². The largest absolute Gasteiger partial charge is 0.421 e. The van der Waals surface area contributed by atoms with Gasteiger partial charge in [-0.25, -0.2) is 0 Å². The smallest absolute Gasteiger partial charge is 0.416 e. The van der Waals surface area contributed by atoms with Crippen molar-refractivity contribution in [2.75, 3.05) is 13.1 Å². The van der Waals surface area contributed by atoms with Crippen molar-refractivity contribution >= 4 is 0 Å². The van der Waals surface area contributed by atoms with E-state index in [4.69, 9.17) is 9.68 Å². The van der Waals surface area contributed by atoms with Crippen molar-refractivity contribution in [3.05, 3.63) is 71.1 Å². The molecule has 0 N–H and O–H groups in total. The van der Waals surface area contributed by atoms with Crippen LogP contribution in [0.1, 0.15) is 29.5 Å². The summed E-state index contributed by atoms with van der Waals surface area (Å²) in [7, 11) is 0. The number of nitrogens with zero attached hydrogens (tertiary/aromatic N) is 4. The first-order chi connectivity index (χ1) is 13.9. The third kappa shape index (κ3) is 5.13. The quantitative estimate of drug-likeness (QED) is 0.425. The molecule has 1 aromatic heterocycles. The van der Waals surface area contributed by atoms with Crippen molar-refractivity contribution < 1.29 is 17.6 Å². The van der Waals surface area contributed by atoms with Crippen molar-refractivity contribution in [2.45, 2.75) is 25.9 Å². The highest BCUT2D eigenvalue weighted by Gasteiger charge is 2.29. The summed E-state index contributed by atoms with van der Waals surface area (Å²) in [6, 6.07) is 12.5. The molecule has 0 bridgehead atoms. The molecule has 0 saturated carbocycles. The first-order valence-electron chi connectivity index (χ1n) is 9.12. The zero-order valence-corrected chi connectivity index (χ0v) is 15.8. The minimum Gasteiger partial charge on any atom is -0.421 e. The Hall–Kier alpha value is -3.34. The predicted octanol–water partition coefficient (Wildman–Crippen LogP) is 4.69. The summed E-state index contributed by atoms with van der Waals surface area (Å²) in [5, 5.41) is 17.1. The fourth-order valence-electron chi connectivity index (χ4n) is 2.89. The molecule has 0 radical (unpaired) electrons. The van der Waals surface area contributed by atoms with Crippen LogP contribution in [0.3, 0.4) is 0 Å². The average Bonchev–Trinajstić information content (AvgIpc) is 3.18. The van der Waals surface area contributed by atoms with Crippen LogP contribution in [0.5, 0.6) is 0 Å². The number of nitriles is 1. The van der Waals surface area contributed by atoms with E-state index in [0.717, 1.165) is 28.8 Å². The van der Waals surface area contributed by atoms with Crippen molar-refractivity contribution in [3.8, 4) is 17.6 Å². The molecule has 0 fully saturated rings. The van der Waals surface area contributed by atoms with Gasteiger partial charge in [-0.3, -0.25) is 0 Å². The molecule has 1 heterocycles. The zero-order valence-electron chi connectivity index (χ0n) is 15.8. The van der Waals surface area contributed by atoms with Gasteiger partial charge in [-0.15, -0.1) is 10.2 Å². The topological polar surface area (TPSA) is 66.0 Å². The Morgan fingerprint density at radius 1 is 1.07 bits per heavy atom. The van der Waals surface area contributed by atoms with Gasteiger partial charge < -0.3 is 9.32 Å². The molecule has 0 aliphatic carbocycles. The van der Waals surface area contributed by atoms with Crippen molar-refractivity contribution in [3.63, 3.8) is 0 Å². The highest BCUT2D eigenvalue weighted by molar-refractivity contribution is 5.59. The van der Waals surface area contributed by atoms with Crippen molar-refractivity contribution in [2.24, 2.45) is 0 Å². The standard InChI is InChI=1S/C21H19F3N4O/c1-2-28(14-25)12-11-19-26-27-20(29-19)18-6-4-3-5-16(18)13-15-7-9-17(10-8-15)21(22,23)24/h3-10H,2,11-13H2,1H3. The number of benzene rings is 2. The van der Waals surface area contributed by atoms with Gasteiger partial charge in [-0.05, 0) is 42.7 Å². The van der Waals surface area contributed by atoms with E-state index in [1.165, 1.54) is 12.1 Å². The molecule has 0 spiro atoms. The van der Waals surface area contributed by atoms with E-state index in [9.17, 15) is 13.2 Å². The Labute approximate surface area is 166 Å². The predicted molar refractivity (Wildman–Crippen MR) is 101 cm³/mol. The van der Waals surface area contributed by atoms with Crippen LogP contribution >= 0.6 is 0 Å². The van der Waals surface area contributed by atoms with Crippen LogP contribution in [-0.4, -0.2) is 28.2 Å². The van der Waals surface area contributed by atoms with E-state index >= 15 is 0 Å². The first-order valence-corrected chi connectivity index (χ1v) is 9.12. The molecule has 0 amide bonds. The SMILES string of the molecule is CCN(C#N)CCc1nnc(-c2ccccc2Cc2ccc(C(F)(F)F)cc2)o1. The van der Waals surface area contributed by atoms with E-state index in [1.807, 2.05) is 31.2 Å². The first kappa shape index (κ1) is 20.4. The van der Waals surface area contributed by atoms with Crippen molar-refractivity contribution in [1.29, 1.82) is 5.26 Å². The van der Waals surface area contributed by atoms with Crippen LogP contribution in [0.2, 0.25) is 0 Å². The lowest BCUT2D eigenvalue weighted by Crippen LogP contribution is -2.19. The molecule has 0 atom stereocenters. The molecule has 3 rings (SSSR count). The number of alkyl halides is 3. The summed E-state index contributed by atoms with van der Waals surface area (Å²) in [4.78, 5) is 1.59. The summed E-state index contributed by atoms with van der Waals surface area (Å²) >= 11 is 0. The molecule has 0 unspecified atom stereocenters. The van der Waals surface area contributed by atoms with Crippen LogP contribution in [-0.2, 0) is 19.0 Å². The minimum absolute atomic E-state index is 0.350. The number of rotatable bonds is 7. The summed E-state index contributed by atoms with van der Waals surface area (Å²) < 4.78 is 44.0. The Morgan fingerprint density at radius 3 is 2.45 bits per heavy atom. The number of halogens is 3. The third-order valence-corrected chi connectivity index (χ3v) is 4.51. The maximum absolute atomic E-state index is 12.7. The highest BCUT2D eigenvalue weighted by Crippen LogP contribution is 2.30. The number of hydrogen-bond donors (Lipinski definition) is 0. The van der Waals surface area contributed by atoms with Gasteiger partial charge in [-0.2, -0.15) is 18.4 Å². The van der Waals surface area contributed by atoms with Crippen LogP contribution in [0.4, 0.5) is 13.2 Å². The Balaban J connectivity index is 1.77. The third-order valence-electron chi connectivity index (χ3n) is 4.51. The molecule has 3 aromatic rings. The Morgan fingerprint density at radius 2 is 1.79 bits per heavy atom. The lowest BCUT2D eigenvalue weighted by atomic mass is 9.99. The normalized spacial score (nSPS) is 11.3.